The molecular formula is C15H18F2N2. The zero-order valence-electron chi connectivity index (χ0n) is 10.9. The Morgan fingerprint density at radius 2 is 2.05 bits per heavy atom. The van der Waals surface area contributed by atoms with E-state index in [0.29, 0.717) is 12.1 Å². The van der Waals surface area contributed by atoms with Crippen molar-refractivity contribution in [2.45, 2.75) is 32.4 Å². The molecule has 0 radical (unpaired) electrons. The summed E-state index contributed by atoms with van der Waals surface area (Å²) in [5, 5.41) is 0. The van der Waals surface area contributed by atoms with E-state index in [1.807, 2.05) is 23.0 Å². The van der Waals surface area contributed by atoms with E-state index >= 15 is 0 Å². The van der Waals surface area contributed by atoms with Gasteiger partial charge in [-0.1, -0.05) is 19.4 Å². The average Bonchev–Trinajstić information content (AvgIpc) is 2.82. The lowest BCUT2D eigenvalue weighted by molar-refractivity contribution is 0.566. The topological polar surface area (TPSA) is 30.9 Å². The van der Waals surface area contributed by atoms with E-state index in [1.165, 1.54) is 12.1 Å². The van der Waals surface area contributed by atoms with E-state index in [2.05, 4.69) is 6.92 Å². The van der Waals surface area contributed by atoms with Crippen molar-refractivity contribution in [3.05, 3.63) is 59.4 Å². The van der Waals surface area contributed by atoms with Crippen LogP contribution in [-0.2, 0) is 6.54 Å². The van der Waals surface area contributed by atoms with Gasteiger partial charge in [0.05, 0.1) is 0 Å². The molecule has 0 aliphatic rings. The Morgan fingerprint density at radius 3 is 2.74 bits per heavy atom. The summed E-state index contributed by atoms with van der Waals surface area (Å²) in [5.41, 5.74) is 7.54. The number of aromatic nitrogens is 1. The van der Waals surface area contributed by atoms with Crippen molar-refractivity contribution in [3.63, 3.8) is 0 Å². The van der Waals surface area contributed by atoms with Crippen molar-refractivity contribution in [1.29, 1.82) is 0 Å². The lowest BCUT2D eigenvalue weighted by Gasteiger charge is -2.08. The summed E-state index contributed by atoms with van der Waals surface area (Å²) in [7, 11) is 0. The third-order valence-corrected chi connectivity index (χ3v) is 3.17. The van der Waals surface area contributed by atoms with Crippen LogP contribution >= 0.6 is 0 Å². The van der Waals surface area contributed by atoms with Gasteiger partial charge in [-0.15, -0.1) is 0 Å². The molecule has 0 saturated carbocycles. The number of halogens is 2. The number of rotatable bonds is 5. The van der Waals surface area contributed by atoms with E-state index in [4.69, 9.17) is 5.73 Å². The smallest absolute Gasteiger partial charge is 0.131 e. The fraction of sp³-hybridized carbons (Fsp3) is 0.333. The monoisotopic (exact) mass is 264 g/mol. The van der Waals surface area contributed by atoms with Crippen LogP contribution in [0, 0.1) is 11.6 Å². The minimum Gasteiger partial charge on any atom is -0.349 e. The summed E-state index contributed by atoms with van der Waals surface area (Å²) in [6, 6.07) is 5.61. The first kappa shape index (κ1) is 13.7. The number of hydrogen-bond acceptors (Lipinski definition) is 1. The molecule has 0 bridgehead atoms. The molecule has 1 heterocycles. The van der Waals surface area contributed by atoms with E-state index in [0.717, 1.165) is 24.5 Å². The third kappa shape index (κ3) is 3.41. The average molecular weight is 264 g/mol. The molecule has 0 aliphatic carbocycles. The Bertz CT molecular complexity index is 549. The highest BCUT2D eigenvalue weighted by Gasteiger charge is 2.08. The molecule has 0 fully saturated rings. The molecule has 2 nitrogen and oxygen atoms in total. The van der Waals surface area contributed by atoms with Crippen LogP contribution in [-0.4, -0.2) is 4.57 Å². The van der Waals surface area contributed by atoms with E-state index in [-0.39, 0.29) is 6.04 Å². The lowest BCUT2D eigenvalue weighted by Crippen LogP contribution is -2.09. The lowest BCUT2D eigenvalue weighted by atomic mass is 10.1. The maximum Gasteiger partial charge on any atom is 0.131 e. The molecule has 0 saturated heterocycles. The predicted octanol–water partition coefficient (Wildman–Crippen LogP) is 3.61. The second-order valence-electron chi connectivity index (χ2n) is 4.75. The van der Waals surface area contributed by atoms with Crippen LogP contribution in [0.1, 0.15) is 36.9 Å². The summed E-state index contributed by atoms with van der Waals surface area (Å²) in [5.74, 6) is -1.08. The third-order valence-electron chi connectivity index (χ3n) is 3.17. The van der Waals surface area contributed by atoms with E-state index < -0.39 is 11.6 Å². The van der Waals surface area contributed by atoms with Crippen LogP contribution in [0.4, 0.5) is 8.78 Å². The van der Waals surface area contributed by atoms with Gasteiger partial charge in [0, 0.05) is 36.6 Å². The Kier molecular flexibility index (Phi) is 4.32. The maximum absolute atomic E-state index is 13.5. The summed E-state index contributed by atoms with van der Waals surface area (Å²) in [4.78, 5) is 0. The first-order valence-electron chi connectivity index (χ1n) is 6.45. The Morgan fingerprint density at radius 1 is 1.26 bits per heavy atom. The molecule has 1 aromatic heterocycles. The number of nitrogens with two attached hydrogens (primary N) is 1. The highest BCUT2D eigenvalue weighted by atomic mass is 19.1. The Balaban J connectivity index is 2.11. The second kappa shape index (κ2) is 5.97. The number of nitrogens with zero attached hydrogens (tertiary/aromatic N) is 1. The quantitative estimate of drug-likeness (QED) is 0.878. The van der Waals surface area contributed by atoms with Crippen LogP contribution in [0.25, 0.3) is 0 Å². The normalized spacial score (nSPS) is 12.6. The second-order valence-corrected chi connectivity index (χ2v) is 4.75. The van der Waals surface area contributed by atoms with Gasteiger partial charge in [0.1, 0.15) is 11.6 Å². The van der Waals surface area contributed by atoms with Crippen LogP contribution < -0.4 is 5.73 Å². The van der Waals surface area contributed by atoms with Crippen LogP contribution in [0.5, 0.6) is 0 Å². The van der Waals surface area contributed by atoms with Crippen LogP contribution in [0.15, 0.2) is 36.7 Å². The molecule has 2 rings (SSSR count). The number of benzene rings is 1. The van der Waals surface area contributed by atoms with Crippen LogP contribution in [0.2, 0.25) is 0 Å². The van der Waals surface area contributed by atoms with Crippen LogP contribution in [0.3, 0.4) is 0 Å². The van der Waals surface area contributed by atoms with Gasteiger partial charge in [-0.2, -0.15) is 0 Å². The molecule has 19 heavy (non-hydrogen) atoms. The summed E-state index contributed by atoms with van der Waals surface area (Å²) in [6.45, 7) is 2.47. The van der Waals surface area contributed by atoms with Crippen molar-refractivity contribution in [1.82, 2.24) is 4.57 Å². The fourth-order valence-electron chi connectivity index (χ4n) is 2.10. The molecule has 1 atom stereocenters. The first-order valence-corrected chi connectivity index (χ1v) is 6.45. The molecule has 1 aromatic carbocycles. The summed E-state index contributed by atoms with van der Waals surface area (Å²) in [6.07, 6.45) is 5.74. The van der Waals surface area contributed by atoms with Gasteiger partial charge in [-0.05, 0) is 24.1 Å². The molecule has 0 aliphatic heterocycles. The highest BCUT2D eigenvalue weighted by Crippen LogP contribution is 2.17. The molecule has 102 valence electrons. The number of hydrogen-bond donors (Lipinski definition) is 1. The van der Waals surface area contributed by atoms with Crippen molar-refractivity contribution in [2.24, 2.45) is 5.73 Å². The molecule has 4 heteroatoms. The summed E-state index contributed by atoms with van der Waals surface area (Å²) < 4.78 is 28.2. The van der Waals surface area contributed by atoms with Gasteiger partial charge < -0.3 is 10.3 Å². The Hall–Kier alpha value is -1.68. The first-order chi connectivity index (χ1) is 9.10. The predicted molar refractivity (Wildman–Crippen MR) is 71.7 cm³/mol. The van der Waals surface area contributed by atoms with Gasteiger partial charge in [-0.25, -0.2) is 8.78 Å². The SMILES string of the molecule is CCCC(N)c1ccn(Cc2ccc(F)cc2F)c1. The van der Waals surface area contributed by atoms with E-state index in [9.17, 15) is 8.78 Å². The molecule has 0 spiro atoms. The zero-order valence-corrected chi connectivity index (χ0v) is 10.9. The highest BCUT2D eigenvalue weighted by molar-refractivity contribution is 5.21. The van der Waals surface area contributed by atoms with Gasteiger partial charge in [0.15, 0.2) is 0 Å². The molecule has 1 unspecified atom stereocenters. The van der Waals surface area contributed by atoms with Gasteiger partial charge >= 0.3 is 0 Å². The minimum atomic E-state index is -0.556. The van der Waals surface area contributed by atoms with Crippen molar-refractivity contribution in [3.8, 4) is 0 Å². The molecular weight excluding hydrogens is 246 g/mol. The van der Waals surface area contributed by atoms with Gasteiger partial charge in [0.25, 0.3) is 0 Å². The minimum absolute atomic E-state index is 0.0179. The zero-order chi connectivity index (χ0) is 13.8. The molecule has 2 aromatic rings. The van der Waals surface area contributed by atoms with Gasteiger partial charge in [-0.3, -0.25) is 0 Å². The summed E-state index contributed by atoms with van der Waals surface area (Å²) >= 11 is 0. The van der Waals surface area contributed by atoms with Crippen molar-refractivity contribution < 1.29 is 8.78 Å². The molecule has 2 N–H and O–H groups in total. The molecule has 0 amide bonds. The Labute approximate surface area is 111 Å². The largest absolute Gasteiger partial charge is 0.349 e. The van der Waals surface area contributed by atoms with E-state index in [1.54, 1.807) is 0 Å². The van der Waals surface area contributed by atoms with Crippen molar-refractivity contribution in [2.75, 3.05) is 0 Å². The fourth-order valence-corrected chi connectivity index (χ4v) is 2.10. The van der Waals surface area contributed by atoms with Crippen molar-refractivity contribution >= 4 is 0 Å². The maximum atomic E-state index is 13.5. The van der Waals surface area contributed by atoms with Gasteiger partial charge in [0.2, 0.25) is 0 Å². The standard InChI is InChI=1S/C15H18F2N2/c1-2-3-15(18)12-6-7-19(10-12)9-11-4-5-13(16)8-14(11)17/h4-8,10,15H,2-3,9,18H2,1H3.